The molecule has 156 valence electrons. The van der Waals surface area contributed by atoms with E-state index in [2.05, 4.69) is 0 Å². The molecular weight excluding hydrogens is 404 g/mol. The molecule has 0 fully saturated rings. The lowest BCUT2D eigenvalue weighted by molar-refractivity contribution is -0.123. The maximum absolute atomic E-state index is 13.3. The van der Waals surface area contributed by atoms with Gasteiger partial charge in [-0.15, -0.1) is 0 Å². The van der Waals surface area contributed by atoms with Gasteiger partial charge in [0.05, 0.1) is 11.8 Å². The van der Waals surface area contributed by atoms with Gasteiger partial charge in [-0.2, -0.15) is 0 Å². The van der Waals surface area contributed by atoms with Gasteiger partial charge in [-0.05, 0) is 32.9 Å². The van der Waals surface area contributed by atoms with Gasteiger partial charge in [0.15, 0.2) is 23.1 Å². The summed E-state index contributed by atoms with van der Waals surface area (Å²) in [6.07, 6.45) is 4.03. The van der Waals surface area contributed by atoms with Gasteiger partial charge < -0.3 is 24.1 Å². The predicted molar refractivity (Wildman–Crippen MR) is 106 cm³/mol. The highest BCUT2D eigenvalue weighted by atomic mass is 16.5. The molecule has 1 aromatic carbocycles. The molecule has 0 unspecified atom stereocenters. The van der Waals surface area contributed by atoms with Crippen molar-refractivity contribution in [2.45, 2.75) is 26.2 Å². The molecule has 2 N–H and O–H groups in total. The minimum Gasteiger partial charge on any atom is -0.507 e. The summed E-state index contributed by atoms with van der Waals surface area (Å²) < 4.78 is 16.8. The zero-order valence-corrected chi connectivity index (χ0v) is 16.7. The van der Waals surface area contributed by atoms with Gasteiger partial charge >= 0.3 is 0 Å². The Labute approximate surface area is 175 Å². The Hall–Kier alpha value is -4.07. The van der Waals surface area contributed by atoms with Gasteiger partial charge in [0, 0.05) is 17.7 Å². The minimum atomic E-state index is -1.58. The monoisotopic (exact) mass is 420 g/mol. The average Bonchev–Trinajstić information content (AvgIpc) is 3.39. The topological polar surface area (TPSA) is 123 Å². The third-order valence-corrected chi connectivity index (χ3v) is 5.86. The van der Waals surface area contributed by atoms with E-state index >= 15 is 0 Å². The molecule has 5 rings (SSSR count). The lowest BCUT2D eigenvalue weighted by atomic mass is 9.71. The molecule has 0 spiro atoms. The number of carbonyl (C=O) groups is 3. The Balaban J connectivity index is 1.74. The van der Waals surface area contributed by atoms with E-state index in [1.165, 1.54) is 32.3 Å². The first-order valence-corrected chi connectivity index (χ1v) is 9.43. The molecule has 1 atom stereocenters. The number of ether oxygens (including phenoxy) is 2. The number of aliphatic hydroxyl groups is 1. The van der Waals surface area contributed by atoms with Crippen molar-refractivity contribution in [1.29, 1.82) is 0 Å². The fraction of sp³-hybridized carbons (Fsp3) is 0.174. The number of hydrogen-bond donors (Lipinski definition) is 2. The number of phenolic OH excluding ortho intramolecular Hbond substituents is 1. The molecule has 8 nitrogen and oxygen atoms in total. The van der Waals surface area contributed by atoms with Crippen molar-refractivity contribution in [2.24, 2.45) is 0 Å². The second-order valence-electron chi connectivity index (χ2n) is 7.72. The summed E-state index contributed by atoms with van der Waals surface area (Å²) in [5.74, 6) is -2.21. The third-order valence-electron chi connectivity index (χ3n) is 5.86. The van der Waals surface area contributed by atoms with E-state index in [-0.39, 0.29) is 51.0 Å². The number of ketones is 3. The van der Waals surface area contributed by atoms with Crippen LogP contribution < -0.4 is 9.47 Å². The molecule has 2 aliphatic heterocycles. The number of rotatable bonds is 2. The smallest absolute Gasteiger partial charge is 0.235 e. The number of benzene rings is 1. The van der Waals surface area contributed by atoms with Crippen LogP contribution in [0.2, 0.25) is 0 Å². The lowest BCUT2D eigenvalue weighted by Crippen LogP contribution is -2.38. The molecule has 1 aliphatic carbocycles. The van der Waals surface area contributed by atoms with Gasteiger partial charge in [0.2, 0.25) is 5.78 Å². The molecule has 3 heterocycles. The number of fused-ring (bicyclic) bond motifs is 5. The van der Waals surface area contributed by atoms with E-state index in [1.807, 2.05) is 0 Å². The van der Waals surface area contributed by atoms with Crippen molar-refractivity contribution in [3.63, 3.8) is 0 Å². The van der Waals surface area contributed by atoms with Gasteiger partial charge in [-0.25, -0.2) is 0 Å². The van der Waals surface area contributed by atoms with E-state index < -0.39 is 28.5 Å². The van der Waals surface area contributed by atoms with Gasteiger partial charge in [0.1, 0.15) is 45.3 Å². The molecule has 31 heavy (non-hydrogen) atoms. The predicted octanol–water partition coefficient (Wildman–Crippen LogP) is 3.43. The van der Waals surface area contributed by atoms with Crippen LogP contribution >= 0.6 is 0 Å². The minimum absolute atomic E-state index is 0.00867. The molecule has 3 aliphatic rings. The van der Waals surface area contributed by atoms with Crippen LogP contribution in [0.3, 0.4) is 0 Å². The molecule has 0 saturated carbocycles. The quantitative estimate of drug-likeness (QED) is 0.560. The van der Waals surface area contributed by atoms with E-state index in [4.69, 9.17) is 13.9 Å². The van der Waals surface area contributed by atoms with E-state index in [9.17, 15) is 24.6 Å². The SMILES string of the molecule is CC(=O)C1=C(O)C=C2Oc3c4c(c(C)c(O)c3[C@]2(C)C1=O)O/C(=C\c1ccco1)C4=O. The lowest BCUT2D eigenvalue weighted by Gasteiger charge is -2.27. The van der Waals surface area contributed by atoms with Crippen LogP contribution in [0.4, 0.5) is 0 Å². The summed E-state index contributed by atoms with van der Waals surface area (Å²) >= 11 is 0. The van der Waals surface area contributed by atoms with Crippen molar-refractivity contribution in [2.75, 3.05) is 0 Å². The Morgan fingerprint density at radius 3 is 2.55 bits per heavy atom. The van der Waals surface area contributed by atoms with E-state index in [1.54, 1.807) is 19.1 Å². The highest BCUT2D eigenvalue weighted by molar-refractivity contribution is 6.26. The number of phenols is 1. The standard InChI is InChI=1S/C23H16O8/c1-9-18(26)17-21(16-19(27)13(30-20(9)16)7-11-5-4-6-29-11)31-14-8-12(25)15(10(2)24)22(28)23(14,17)3/h4-8,25-26H,1-3H3/b13-7-/t23-/m1/s1. The number of furan rings is 1. The molecule has 1 aromatic heterocycles. The maximum atomic E-state index is 13.3. The van der Waals surface area contributed by atoms with Gasteiger partial charge in [0.25, 0.3) is 0 Å². The van der Waals surface area contributed by atoms with Crippen LogP contribution in [0.25, 0.3) is 6.08 Å². The Bertz CT molecular complexity index is 1320. The molecule has 0 bridgehead atoms. The zero-order valence-electron chi connectivity index (χ0n) is 16.7. The molecule has 0 radical (unpaired) electrons. The summed E-state index contributed by atoms with van der Waals surface area (Å²) in [7, 11) is 0. The zero-order chi connectivity index (χ0) is 22.2. The molecular formula is C23H16O8. The Kier molecular flexibility index (Phi) is 3.65. The van der Waals surface area contributed by atoms with E-state index in [0.29, 0.717) is 5.76 Å². The van der Waals surface area contributed by atoms with Gasteiger partial charge in [-0.3, -0.25) is 14.4 Å². The summed E-state index contributed by atoms with van der Waals surface area (Å²) in [5, 5.41) is 21.2. The number of aliphatic hydroxyl groups excluding tert-OH is 1. The normalized spacial score (nSPS) is 22.7. The van der Waals surface area contributed by atoms with Crippen molar-refractivity contribution in [3.05, 3.63) is 69.8 Å². The number of hydrogen-bond acceptors (Lipinski definition) is 8. The average molecular weight is 420 g/mol. The highest BCUT2D eigenvalue weighted by Gasteiger charge is 2.56. The maximum Gasteiger partial charge on any atom is 0.235 e. The van der Waals surface area contributed by atoms with Gasteiger partial charge in [-0.1, -0.05) is 0 Å². The van der Waals surface area contributed by atoms with Crippen LogP contribution in [0.5, 0.6) is 17.2 Å². The van der Waals surface area contributed by atoms with Crippen LogP contribution in [0.1, 0.15) is 41.1 Å². The number of Topliss-reactive ketones (excluding diaryl/α,β-unsaturated/α-hetero) is 3. The summed E-state index contributed by atoms with van der Waals surface area (Å²) in [5.41, 5.74) is -1.62. The first kappa shape index (κ1) is 18.9. The highest BCUT2D eigenvalue weighted by Crippen LogP contribution is 2.59. The molecule has 2 aromatic rings. The fourth-order valence-electron chi connectivity index (χ4n) is 4.23. The second kappa shape index (κ2) is 5.98. The number of aromatic hydroxyl groups is 1. The third kappa shape index (κ3) is 2.27. The summed E-state index contributed by atoms with van der Waals surface area (Å²) in [4.78, 5) is 38.4. The fourth-order valence-corrected chi connectivity index (χ4v) is 4.23. The Morgan fingerprint density at radius 2 is 1.90 bits per heavy atom. The van der Waals surface area contributed by atoms with Crippen LogP contribution in [0, 0.1) is 6.92 Å². The number of allylic oxidation sites excluding steroid dienone is 4. The summed E-state index contributed by atoms with van der Waals surface area (Å²) in [6, 6.07) is 3.31. The van der Waals surface area contributed by atoms with E-state index in [0.717, 1.165) is 0 Å². The van der Waals surface area contributed by atoms with Crippen LogP contribution in [-0.2, 0) is 15.0 Å². The number of carbonyl (C=O) groups excluding carboxylic acids is 3. The molecule has 0 saturated heterocycles. The summed E-state index contributed by atoms with van der Waals surface area (Å²) in [6.45, 7) is 4.20. The largest absolute Gasteiger partial charge is 0.507 e. The Morgan fingerprint density at radius 1 is 1.16 bits per heavy atom. The van der Waals surface area contributed by atoms with Crippen molar-refractivity contribution in [3.8, 4) is 17.2 Å². The molecule has 0 amide bonds. The van der Waals surface area contributed by atoms with Crippen LogP contribution in [0.15, 0.2) is 51.7 Å². The van der Waals surface area contributed by atoms with Crippen molar-refractivity contribution >= 4 is 23.4 Å². The first-order valence-electron chi connectivity index (χ1n) is 9.43. The molecule has 8 heteroatoms. The van der Waals surface area contributed by atoms with Crippen molar-refractivity contribution < 1.29 is 38.5 Å². The van der Waals surface area contributed by atoms with Crippen molar-refractivity contribution in [1.82, 2.24) is 0 Å². The first-order chi connectivity index (χ1) is 14.7. The second-order valence-corrected chi connectivity index (χ2v) is 7.72. The van der Waals surface area contributed by atoms with Crippen LogP contribution in [-0.4, -0.2) is 27.6 Å².